The summed E-state index contributed by atoms with van der Waals surface area (Å²) in [7, 11) is 0. The van der Waals surface area contributed by atoms with Gasteiger partial charge in [0.15, 0.2) is 12.6 Å². The number of carboxylic acid groups (broad SMARTS) is 1. The maximum Gasteiger partial charge on any atom is 1.00 e. The average Bonchev–Trinajstić information content (AvgIpc) is 3.15. The second-order valence-electron chi connectivity index (χ2n) is 14.0. The van der Waals surface area contributed by atoms with Gasteiger partial charge >= 0.3 is 35.7 Å². The number of amides is 1. The van der Waals surface area contributed by atoms with Crippen molar-refractivity contribution in [3.63, 3.8) is 0 Å². The van der Waals surface area contributed by atoms with Crippen molar-refractivity contribution in [3.8, 4) is 0 Å². The summed E-state index contributed by atoms with van der Waals surface area (Å²) in [5.41, 5.74) is 0.763. The van der Waals surface area contributed by atoms with Crippen molar-refractivity contribution in [1.82, 2.24) is 5.32 Å². The fourth-order valence-corrected chi connectivity index (χ4v) is 7.19. The van der Waals surface area contributed by atoms with Gasteiger partial charge in [-0.1, -0.05) is 62.4 Å². The number of benzene rings is 1. The van der Waals surface area contributed by atoms with Crippen LogP contribution in [0.5, 0.6) is 0 Å². The number of aliphatic hydroxyl groups is 6. The Morgan fingerprint density at radius 3 is 2.25 bits per heavy atom. The van der Waals surface area contributed by atoms with E-state index in [-0.39, 0.29) is 68.1 Å². The Kier molecular flexibility index (Phi) is 17.6. The third-order valence-electron chi connectivity index (χ3n) is 10.2. The van der Waals surface area contributed by atoms with Crippen LogP contribution in [0.2, 0.25) is 0 Å². The number of carbonyl (C=O) groups is 2. The number of alkyl carbamates (subject to hydrolysis) is 1. The summed E-state index contributed by atoms with van der Waals surface area (Å²) >= 11 is 0. The summed E-state index contributed by atoms with van der Waals surface area (Å²) in [4.78, 5) is 24.8. The van der Waals surface area contributed by atoms with Crippen molar-refractivity contribution in [2.75, 3.05) is 19.8 Å². The first-order valence-corrected chi connectivity index (χ1v) is 18.0. The zero-order valence-electron chi connectivity index (χ0n) is 30.1. The molecule has 1 amide bonds. The molecular formula is C35H52NNaO16. The van der Waals surface area contributed by atoms with E-state index in [0.717, 1.165) is 37.7 Å². The third-order valence-corrected chi connectivity index (χ3v) is 10.2. The van der Waals surface area contributed by atoms with Crippen molar-refractivity contribution < 1.29 is 108 Å². The predicted octanol–water partition coefficient (Wildman–Crippen LogP) is -4.78. The zero-order chi connectivity index (χ0) is 37.4. The van der Waals surface area contributed by atoms with E-state index in [0.29, 0.717) is 0 Å². The Morgan fingerprint density at radius 1 is 0.868 bits per heavy atom. The van der Waals surface area contributed by atoms with Crippen LogP contribution in [0.3, 0.4) is 0 Å². The van der Waals surface area contributed by atoms with Gasteiger partial charge < -0.3 is 79.0 Å². The van der Waals surface area contributed by atoms with E-state index < -0.39 is 104 Å². The van der Waals surface area contributed by atoms with E-state index in [1.165, 1.54) is 6.92 Å². The molecule has 4 aliphatic rings. The van der Waals surface area contributed by atoms with Gasteiger partial charge in [-0.05, 0) is 31.2 Å². The number of carboxylic acids is 1. The molecule has 1 saturated carbocycles. The monoisotopic (exact) mass is 765 g/mol. The Morgan fingerprint density at radius 2 is 1.57 bits per heavy atom. The maximum absolute atomic E-state index is 12.6. The van der Waals surface area contributed by atoms with Crippen LogP contribution in [-0.2, 0) is 44.6 Å². The number of aliphatic hydroxyl groups excluding tert-OH is 6. The molecule has 0 radical (unpaired) electrons. The van der Waals surface area contributed by atoms with Crippen molar-refractivity contribution in [2.45, 2.75) is 144 Å². The number of hydrogen-bond acceptors (Lipinski definition) is 16. The van der Waals surface area contributed by atoms with Gasteiger partial charge in [0.05, 0.1) is 30.9 Å². The molecule has 3 heterocycles. The average molecular weight is 766 g/mol. The number of aliphatic carboxylic acids is 1. The van der Waals surface area contributed by atoms with Crippen molar-refractivity contribution in [3.05, 3.63) is 35.9 Å². The molecule has 1 aliphatic carbocycles. The van der Waals surface area contributed by atoms with E-state index in [2.05, 4.69) is 5.32 Å². The Labute approximate surface area is 330 Å². The standard InChI is InChI=1S/C35H53NO16.Na/c1-18-25(38)27(40)28(41)33(48-18)52-30-21(12-13-46-23(30)15-36-35(45)47-17-20-10-6-3-7-11-20)50-34-29(42)31(26(39)24(16-37)51-34)49-22(32(43)44)14-19-8-4-2-5-9-19;/h3,6-7,10-11,18-19,21-31,33-34,37-42H,2,4-5,8-9,12-17H2,1H3,(H,36,45)(H,43,44);/q;+1/p-1/t18-,21+,22+,23?,24+,25+,26-,27-,28+,29-,30-,31+,33-,34+;/m1./s1. The molecule has 18 heteroatoms. The van der Waals surface area contributed by atoms with E-state index >= 15 is 0 Å². The van der Waals surface area contributed by atoms with Gasteiger partial charge in [-0.15, -0.1) is 0 Å². The minimum atomic E-state index is -1.76. The number of nitrogens with one attached hydrogen (secondary N) is 1. The minimum absolute atomic E-state index is 0. The molecule has 7 N–H and O–H groups in total. The molecule has 3 aliphatic heterocycles. The molecule has 1 unspecified atom stereocenters. The SMILES string of the molecule is C[C@H]1O[C@H](O[C@H]2C(CNC(=O)OCc3ccccc3)OCC[C@@H]2O[C@H]2O[C@@H](CO)[C@@H](O)[C@H](O[C@@H](CC3CCCCC3)C(=O)[O-])[C@H]2O)[C@@H](O)[C@H](O)[C@H]1O.[Na+]. The Bertz CT molecular complexity index is 1260. The normalized spacial score (nSPS) is 37.2. The summed E-state index contributed by atoms with van der Waals surface area (Å²) in [5.74, 6) is -1.44. The smallest absolute Gasteiger partial charge is 0.547 e. The summed E-state index contributed by atoms with van der Waals surface area (Å²) in [6.07, 6.45) is -15.7. The second-order valence-corrected chi connectivity index (χ2v) is 14.0. The molecule has 1 aromatic rings. The molecule has 0 aromatic heterocycles. The van der Waals surface area contributed by atoms with Gasteiger partial charge in [0.1, 0.15) is 61.5 Å². The molecule has 3 saturated heterocycles. The summed E-state index contributed by atoms with van der Waals surface area (Å²) in [6, 6.07) is 9.01. The first-order valence-electron chi connectivity index (χ1n) is 18.0. The second kappa shape index (κ2) is 21.1. The molecule has 14 atom stereocenters. The van der Waals surface area contributed by atoms with Crippen LogP contribution in [0.25, 0.3) is 0 Å². The fraction of sp³-hybridized carbons (Fsp3) is 0.771. The van der Waals surface area contributed by atoms with Crippen LogP contribution in [0.1, 0.15) is 57.4 Å². The van der Waals surface area contributed by atoms with Gasteiger partial charge in [0.2, 0.25) is 0 Å². The number of carbonyl (C=O) groups excluding carboxylic acids is 2. The fourth-order valence-electron chi connectivity index (χ4n) is 7.19. The zero-order valence-corrected chi connectivity index (χ0v) is 32.1. The molecule has 53 heavy (non-hydrogen) atoms. The molecule has 4 fully saturated rings. The number of rotatable bonds is 14. The number of ether oxygens (including phenoxy) is 7. The molecule has 1 aromatic carbocycles. The van der Waals surface area contributed by atoms with Gasteiger partial charge in [0.25, 0.3) is 0 Å². The van der Waals surface area contributed by atoms with Gasteiger partial charge in [-0.3, -0.25) is 0 Å². The van der Waals surface area contributed by atoms with Crippen LogP contribution >= 0.6 is 0 Å². The topological polar surface area (TPSA) is 255 Å². The van der Waals surface area contributed by atoms with E-state index in [1.54, 1.807) is 24.3 Å². The van der Waals surface area contributed by atoms with E-state index in [9.17, 15) is 45.3 Å². The third kappa shape index (κ3) is 11.8. The van der Waals surface area contributed by atoms with Crippen LogP contribution in [0.4, 0.5) is 4.79 Å². The van der Waals surface area contributed by atoms with E-state index in [4.69, 9.17) is 33.2 Å². The van der Waals surface area contributed by atoms with E-state index in [1.807, 2.05) is 6.07 Å². The summed E-state index contributed by atoms with van der Waals surface area (Å²) in [6.45, 7) is 0.627. The van der Waals surface area contributed by atoms with Crippen LogP contribution in [-0.4, -0.2) is 148 Å². The van der Waals surface area contributed by atoms with Crippen molar-refractivity contribution in [2.24, 2.45) is 5.92 Å². The summed E-state index contributed by atoms with van der Waals surface area (Å²) in [5, 5.41) is 78.6. The molecule has 17 nitrogen and oxygen atoms in total. The van der Waals surface area contributed by atoms with Crippen LogP contribution in [0.15, 0.2) is 30.3 Å². The van der Waals surface area contributed by atoms with Gasteiger partial charge in [-0.25, -0.2) is 4.79 Å². The Hall–Kier alpha value is -1.52. The van der Waals surface area contributed by atoms with Crippen LogP contribution in [0, 0.1) is 5.92 Å². The number of hydrogen-bond donors (Lipinski definition) is 7. The first kappa shape index (κ1) is 44.2. The largest absolute Gasteiger partial charge is 1.00 e. The molecular weight excluding hydrogens is 713 g/mol. The van der Waals surface area contributed by atoms with Gasteiger partial charge in [0, 0.05) is 13.2 Å². The van der Waals surface area contributed by atoms with Gasteiger partial charge in [-0.2, -0.15) is 0 Å². The summed E-state index contributed by atoms with van der Waals surface area (Å²) < 4.78 is 40.8. The quantitative estimate of drug-likeness (QED) is 0.0878. The Balaban J connectivity index is 0.00000627. The molecule has 5 rings (SSSR count). The van der Waals surface area contributed by atoms with Crippen molar-refractivity contribution >= 4 is 12.1 Å². The minimum Gasteiger partial charge on any atom is -0.547 e. The first-order chi connectivity index (χ1) is 25.0. The molecule has 0 bridgehead atoms. The molecule has 0 spiro atoms. The molecule has 294 valence electrons. The predicted molar refractivity (Wildman–Crippen MR) is 174 cm³/mol. The maximum atomic E-state index is 12.6. The van der Waals surface area contributed by atoms with Crippen molar-refractivity contribution in [1.29, 1.82) is 0 Å². The van der Waals surface area contributed by atoms with Crippen LogP contribution < -0.4 is 40.0 Å².